The molecule has 0 aromatic heterocycles. The van der Waals surface area contributed by atoms with Gasteiger partial charge in [0, 0.05) is 18.0 Å². The second kappa shape index (κ2) is 4.73. The summed E-state index contributed by atoms with van der Waals surface area (Å²) < 4.78 is 12.0. The third-order valence-corrected chi connectivity index (χ3v) is 3.41. The highest BCUT2D eigenvalue weighted by Gasteiger charge is 2.42. The Hall–Kier alpha value is -0.580. The minimum absolute atomic E-state index is 0.0481. The van der Waals surface area contributed by atoms with Gasteiger partial charge in [-0.3, -0.25) is 0 Å². The number of hydrogen-bond donors (Lipinski definition) is 1. The first kappa shape index (κ1) is 11.9. The molecule has 1 aliphatic carbocycles. The van der Waals surface area contributed by atoms with Crippen LogP contribution in [0.25, 0.3) is 0 Å². The molecule has 1 aliphatic rings. The molecule has 1 aromatic rings. The van der Waals surface area contributed by atoms with E-state index in [1.807, 2.05) is 25.1 Å². The summed E-state index contributed by atoms with van der Waals surface area (Å²) in [6.45, 7) is 2.00. The van der Waals surface area contributed by atoms with Crippen molar-refractivity contribution in [2.45, 2.75) is 31.7 Å². The summed E-state index contributed by atoms with van der Waals surface area (Å²) in [5.74, 6) is 0.841. The van der Waals surface area contributed by atoms with E-state index in [-0.39, 0.29) is 12.2 Å². The summed E-state index contributed by atoms with van der Waals surface area (Å²) in [7, 11) is 1.59. The lowest BCUT2D eigenvalue weighted by Gasteiger charge is -2.40. The van der Waals surface area contributed by atoms with Crippen molar-refractivity contribution in [3.05, 3.63) is 28.2 Å². The van der Waals surface area contributed by atoms with Gasteiger partial charge in [0.2, 0.25) is 0 Å². The summed E-state index contributed by atoms with van der Waals surface area (Å²) >= 11 is 3.41. The van der Waals surface area contributed by atoms with E-state index in [4.69, 9.17) is 9.47 Å². The van der Waals surface area contributed by atoms with E-state index in [0.29, 0.717) is 6.42 Å². The quantitative estimate of drug-likeness (QED) is 0.927. The number of methoxy groups -OCH3 is 1. The molecule has 0 bridgehead atoms. The van der Waals surface area contributed by atoms with Gasteiger partial charge < -0.3 is 14.6 Å². The fourth-order valence-electron chi connectivity index (χ4n) is 1.85. The Morgan fingerprint density at radius 1 is 1.44 bits per heavy atom. The van der Waals surface area contributed by atoms with Gasteiger partial charge in [0.25, 0.3) is 0 Å². The van der Waals surface area contributed by atoms with Crippen molar-refractivity contribution < 1.29 is 14.6 Å². The van der Waals surface area contributed by atoms with Crippen LogP contribution >= 0.6 is 15.9 Å². The number of rotatable bonds is 3. The third kappa shape index (κ3) is 2.24. The minimum Gasteiger partial charge on any atom is -0.487 e. The van der Waals surface area contributed by atoms with Crippen molar-refractivity contribution in [2.75, 3.05) is 7.11 Å². The van der Waals surface area contributed by atoms with Crippen LogP contribution in [0, 0.1) is 6.92 Å². The van der Waals surface area contributed by atoms with Gasteiger partial charge in [0.05, 0.1) is 6.10 Å². The van der Waals surface area contributed by atoms with Gasteiger partial charge in [-0.2, -0.15) is 0 Å². The standard InChI is InChI=1S/C12H15BrO3/c1-7-3-4-8(13)5-10(7)16-11-6-9(14)12(11)15-2/h3-5,9,11-12,14H,6H2,1-2H3. The molecular weight excluding hydrogens is 272 g/mol. The molecule has 16 heavy (non-hydrogen) atoms. The van der Waals surface area contributed by atoms with Gasteiger partial charge in [-0.25, -0.2) is 0 Å². The molecule has 1 N–H and O–H groups in total. The number of aliphatic hydroxyl groups is 1. The average Bonchev–Trinajstić information content (AvgIpc) is 2.23. The van der Waals surface area contributed by atoms with E-state index in [9.17, 15) is 5.11 Å². The van der Waals surface area contributed by atoms with Gasteiger partial charge >= 0.3 is 0 Å². The molecule has 3 unspecified atom stereocenters. The highest BCUT2D eigenvalue weighted by atomic mass is 79.9. The maximum atomic E-state index is 9.47. The lowest BCUT2D eigenvalue weighted by atomic mass is 9.88. The molecule has 3 atom stereocenters. The number of aryl methyl sites for hydroxylation is 1. The van der Waals surface area contributed by atoms with Crippen molar-refractivity contribution in [3.8, 4) is 5.75 Å². The van der Waals surface area contributed by atoms with Crippen LogP contribution in [0.4, 0.5) is 0 Å². The Balaban J connectivity index is 2.07. The Morgan fingerprint density at radius 2 is 2.19 bits per heavy atom. The van der Waals surface area contributed by atoms with Crippen LogP contribution in [0.5, 0.6) is 5.75 Å². The van der Waals surface area contributed by atoms with Crippen molar-refractivity contribution in [1.29, 1.82) is 0 Å². The highest BCUT2D eigenvalue weighted by Crippen LogP contribution is 2.31. The maximum absolute atomic E-state index is 9.47. The van der Waals surface area contributed by atoms with E-state index < -0.39 is 6.10 Å². The molecule has 88 valence electrons. The lowest BCUT2D eigenvalue weighted by Crippen LogP contribution is -2.54. The molecule has 1 aromatic carbocycles. The van der Waals surface area contributed by atoms with E-state index >= 15 is 0 Å². The first-order chi connectivity index (χ1) is 7.61. The summed E-state index contributed by atoms with van der Waals surface area (Å²) in [6.07, 6.45) is -0.0291. The Labute approximate surface area is 104 Å². The summed E-state index contributed by atoms with van der Waals surface area (Å²) in [4.78, 5) is 0. The first-order valence-corrected chi connectivity index (χ1v) is 6.05. The monoisotopic (exact) mass is 286 g/mol. The van der Waals surface area contributed by atoms with Crippen LogP contribution in [-0.2, 0) is 4.74 Å². The Morgan fingerprint density at radius 3 is 2.81 bits per heavy atom. The Kier molecular flexibility index (Phi) is 3.52. The molecule has 1 fully saturated rings. The van der Waals surface area contributed by atoms with E-state index in [0.717, 1.165) is 15.8 Å². The predicted octanol–water partition coefficient (Wildman–Crippen LogP) is 2.28. The zero-order chi connectivity index (χ0) is 11.7. The van der Waals surface area contributed by atoms with E-state index in [1.54, 1.807) is 7.11 Å². The van der Waals surface area contributed by atoms with Crippen molar-refractivity contribution in [2.24, 2.45) is 0 Å². The van der Waals surface area contributed by atoms with Crippen LogP contribution in [0.15, 0.2) is 22.7 Å². The molecule has 0 amide bonds. The number of ether oxygens (including phenoxy) is 2. The van der Waals surface area contributed by atoms with Gasteiger partial charge in [-0.05, 0) is 24.6 Å². The van der Waals surface area contributed by atoms with Crippen LogP contribution in [0.1, 0.15) is 12.0 Å². The van der Waals surface area contributed by atoms with Gasteiger partial charge in [-0.1, -0.05) is 22.0 Å². The molecule has 0 radical (unpaired) electrons. The zero-order valence-electron chi connectivity index (χ0n) is 9.31. The largest absolute Gasteiger partial charge is 0.487 e. The van der Waals surface area contributed by atoms with Crippen molar-refractivity contribution in [3.63, 3.8) is 0 Å². The minimum atomic E-state index is -0.401. The fourth-order valence-corrected chi connectivity index (χ4v) is 2.19. The topological polar surface area (TPSA) is 38.7 Å². The SMILES string of the molecule is COC1C(O)CC1Oc1cc(Br)ccc1C. The summed E-state index contributed by atoms with van der Waals surface area (Å²) in [5.41, 5.74) is 1.08. The van der Waals surface area contributed by atoms with Crippen LogP contribution in [0.2, 0.25) is 0 Å². The Bertz CT molecular complexity index is 381. The second-order valence-electron chi connectivity index (χ2n) is 4.07. The summed E-state index contributed by atoms with van der Waals surface area (Å²) in [6, 6.07) is 5.91. The molecule has 0 aliphatic heterocycles. The smallest absolute Gasteiger partial charge is 0.130 e. The third-order valence-electron chi connectivity index (χ3n) is 2.92. The molecule has 1 saturated carbocycles. The highest BCUT2D eigenvalue weighted by molar-refractivity contribution is 9.10. The van der Waals surface area contributed by atoms with Crippen LogP contribution < -0.4 is 4.74 Å². The first-order valence-electron chi connectivity index (χ1n) is 5.25. The number of benzene rings is 1. The fraction of sp³-hybridized carbons (Fsp3) is 0.500. The van der Waals surface area contributed by atoms with Crippen LogP contribution in [-0.4, -0.2) is 30.5 Å². The van der Waals surface area contributed by atoms with E-state index in [1.165, 1.54) is 0 Å². The molecular formula is C12H15BrO3. The van der Waals surface area contributed by atoms with Crippen molar-refractivity contribution in [1.82, 2.24) is 0 Å². The maximum Gasteiger partial charge on any atom is 0.130 e. The number of halogens is 1. The van der Waals surface area contributed by atoms with Gasteiger partial charge in [0.15, 0.2) is 0 Å². The van der Waals surface area contributed by atoms with Gasteiger partial charge in [0.1, 0.15) is 18.0 Å². The molecule has 0 saturated heterocycles. The zero-order valence-corrected chi connectivity index (χ0v) is 10.9. The van der Waals surface area contributed by atoms with Crippen LogP contribution in [0.3, 0.4) is 0 Å². The molecule has 0 heterocycles. The molecule has 4 heteroatoms. The molecule has 3 nitrogen and oxygen atoms in total. The average molecular weight is 287 g/mol. The normalized spacial score (nSPS) is 28.6. The number of aliphatic hydroxyl groups excluding tert-OH is 1. The number of hydrogen-bond acceptors (Lipinski definition) is 3. The predicted molar refractivity (Wildman–Crippen MR) is 64.7 cm³/mol. The van der Waals surface area contributed by atoms with Crippen molar-refractivity contribution >= 4 is 15.9 Å². The van der Waals surface area contributed by atoms with E-state index in [2.05, 4.69) is 15.9 Å². The summed E-state index contributed by atoms with van der Waals surface area (Å²) in [5, 5.41) is 9.47. The lowest BCUT2D eigenvalue weighted by molar-refractivity contribution is -0.149. The molecule has 0 spiro atoms. The second-order valence-corrected chi connectivity index (χ2v) is 4.99. The molecule has 2 rings (SSSR count). The van der Waals surface area contributed by atoms with Gasteiger partial charge in [-0.15, -0.1) is 0 Å².